The highest BCUT2D eigenvalue weighted by Gasteiger charge is 2.57. The summed E-state index contributed by atoms with van der Waals surface area (Å²) in [6, 6.07) is 0.690. The molecule has 2 fully saturated rings. The van der Waals surface area contributed by atoms with Gasteiger partial charge in [0.2, 0.25) is 0 Å². The van der Waals surface area contributed by atoms with Crippen LogP contribution in [0.15, 0.2) is 0 Å². The minimum Gasteiger partial charge on any atom is -1.00 e. The zero-order chi connectivity index (χ0) is 13.7. The van der Waals surface area contributed by atoms with Gasteiger partial charge >= 0.3 is 5.97 Å². The monoisotopic (exact) mass is 495 g/mol. The first-order chi connectivity index (χ1) is 8.22. The summed E-state index contributed by atoms with van der Waals surface area (Å²) in [6.07, 6.45) is 1.54. The van der Waals surface area contributed by atoms with Gasteiger partial charge in [0.1, 0.15) is 23.6 Å². The van der Waals surface area contributed by atoms with Gasteiger partial charge in [0.15, 0.2) is 0 Å². The van der Waals surface area contributed by atoms with E-state index in [1.54, 1.807) is 0 Å². The number of piperidine rings is 1. The lowest BCUT2D eigenvalue weighted by atomic mass is 9.87. The molecule has 0 spiro atoms. The fourth-order valence-electron chi connectivity index (χ4n) is 3.31. The van der Waals surface area contributed by atoms with Gasteiger partial charge in [0.25, 0.3) is 0 Å². The van der Waals surface area contributed by atoms with Gasteiger partial charge < -0.3 is 38.7 Å². The second-order valence-corrected chi connectivity index (χ2v) is 7.97. The van der Waals surface area contributed by atoms with Crippen molar-refractivity contribution in [3.8, 4) is 0 Å². The van der Waals surface area contributed by atoms with Crippen molar-refractivity contribution in [2.24, 2.45) is 5.92 Å². The zero-order valence-electron chi connectivity index (χ0n) is 11.8. The number of hydrogen-bond donors (Lipinski definition) is 2. The van der Waals surface area contributed by atoms with Crippen LogP contribution in [0.3, 0.4) is 0 Å². The molecule has 112 valence electrons. The Morgan fingerprint density at radius 1 is 1.32 bits per heavy atom. The van der Waals surface area contributed by atoms with Crippen molar-refractivity contribution in [1.82, 2.24) is 0 Å². The molecule has 6 heteroatoms. The van der Waals surface area contributed by atoms with Crippen molar-refractivity contribution in [1.29, 1.82) is 0 Å². The van der Waals surface area contributed by atoms with Crippen molar-refractivity contribution in [2.75, 3.05) is 7.05 Å². The fraction of sp³-hybridized carbons (Fsp3) is 0.923. The van der Waals surface area contributed by atoms with E-state index in [0.717, 1.165) is 12.8 Å². The molecule has 2 saturated heterocycles. The molecule has 2 N–H and O–H groups in total. The third kappa shape index (κ3) is 3.55. The Morgan fingerprint density at radius 3 is 2.37 bits per heavy atom. The molecule has 6 atom stereocenters. The molecule has 0 radical (unpaired) electrons. The summed E-state index contributed by atoms with van der Waals surface area (Å²) >= 11 is 2.29. The van der Waals surface area contributed by atoms with Crippen molar-refractivity contribution in [2.45, 2.75) is 61.3 Å². The molecule has 0 aliphatic carbocycles. The number of alkyl halides is 1. The number of hydrogen-bond acceptors (Lipinski definition) is 3. The van der Waals surface area contributed by atoms with E-state index in [4.69, 9.17) is 4.74 Å². The lowest BCUT2D eigenvalue weighted by Crippen LogP contribution is -3.18. The number of aliphatic hydroxyl groups excluding tert-OH is 1. The number of ether oxygens (including phenoxy) is 1. The Hall–Kier alpha value is 0.850. The smallest absolute Gasteiger partial charge is 0.318 e. The fourth-order valence-corrected chi connectivity index (χ4v) is 4.68. The zero-order valence-corrected chi connectivity index (χ0v) is 16.1. The van der Waals surface area contributed by atoms with Crippen molar-refractivity contribution < 1.29 is 43.5 Å². The largest absolute Gasteiger partial charge is 1.00 e. The number of fused-ring (bicyclic) bond motifs is 2. The van der Waals surface area contributed by atoms with Gasteiger partial charge in [-0.15, -0.1) is 0 Å². The Balaban J connectivity index is 0.00000180. The maximum absolute atomic E-state index is 12.3. The first-order valence-electron chi connectivity index (χ1n) is 6.60. The number of carbonyl (C=O) groups excluding carboxylic acids is 1. The van der Waals surface area contributed by atoms with Crippen LogP contribution in [0.2, 0.25) is 0 Å². The number of esters is 1. The van der Waals surface area contributed by atoms with Gasteiger partial charge in [-0.25, -0.2) is 0 Å². The number of nitrogens with one attached hydrogen (secondary N) is 1. The summed E-state index contributed by atoms with van der Waals surface area (Å²) in [6.45, 7) is 5.61. The quantitative estimate of drug-likeness (QED) is 0.235. The van der Waals surface area contributed by atoms with Crippen LogP contribution in [-0.4, -0.2) is 45.8 Å². The molecule has 0 aromatic rings. The highest BCUT2D eigenvalue weighted by Crippen LogP contribution is 2.33. The lowest BCUT2D eigenvalue weighted by molar-refractivity contribution is -0.925. The molecular weight excluding hydrogens is 472 g/mol. The van der Waals surface area contributed by atoms with Gasteiger partial charge in [-0.3, -0.25) is 4.79 Å². The van der Waals surface area contributed by atoms with E-state index in [0.29, 0.717) is 6.04 Å². The Labute approximate surface area is 145 Å². The van der Waals surface area contributed by atoms with E-state index in [1.807, 2.05) is 20.8 Å². The summed E-state index contributed by atoms with van der Waals surface area (Å²) < 4.78 is 5.62. The van der Waals surface area contributed by atoms with Crippen LogP contribution >= 0.6 is 22.6 Å². The number of quaternary nitrogens is 1. The highest BCUT2D eigenvalue weighted by molar-refractivity contribution is 14.1. The molecular formula is C13H23I2NO3. The SMILES string of the molecule is C[NH+]1[C@@H]2CC[C@H]1[C@@H](I)[C@H](O)[C@H]2C(=O)OC(C)(C)C.[I-]. The number of halogens is 2. The maximum Gasteiger partial charge on any atom is 0.318 e. The van der Waals surface area contributed by atoms with E-state index < -0.39 is 11.7 Å². The van der Waals surface area contributed by atoms with Crippen molar-refractivity contribution in [3.63, 3.8) is 0 Å². The van der Waals surface area contributed by atoms with Crippen molar-refractivity contribution in [3.05, 3.63) is 0 Å². The minimum atomic E-state index is -0.568. The molecule has 2 bridgehead atoms. The summed E-state index contributed by atoms with van der Waals surface area (Å²) in [5.41, 5.74) is -0.485. The average molecular weight is 495 g/mol. The van der Waals surface area contributed by atoms with Gasteiger partial charge in [-0.2, -0.15) is 0 Å². The summed E-state index contributed by atoms with van der Waals surface area (Å²) in [5, 5.41) is 10.4. The van der Waals surface area contributed by atoms with Crippen LogP contribution in [0.25, 0.3) is 0 Å². The second-order valence-electron chi connectivity index (χ2n) is 6.53. The van der Waals surface area contributed by atoms with E-state index >= 15 is 0 Å². The summed E-state index contributed by atoms with van der Waals surface area (Å²) in [7, 11) is 2.14. The molecule has 0 amide bonds. The van der Waals surface area contributed by atoms with Crippen molar-refractivity contribution >= 4 is 28.6 Å². The molecule has 2 rings (SSSR count). The first-order valence-corrected chi connectivity index (χ1v) is 7.85. The van der Waals surface area contributed by atoms with Crippen LogP contribution in [0.5, 0.6) is 0 Å². The van der Waals surface area contributed by atoms with Gasteiger partial charge in [0, 0.05) is 12.8 Å². The van der Waals surface area contributed by atoms with Gasteiger partial charge in [-0.05, 0) is 20.8 Å². The van der Waals surface area contributed by atoms with E-state index in [9.17, 15) is 9.90 Å². The lowest BCUT2D eigenvalue weighted by Gasteiger charge is -2.40. The average Bonchev–Trinajstić information content (AvgIpc) is 2.50. The van der Waals surface area contributed by atoms with Crippen LogP contribution in [0, 0.1) is 5.92 Å². The first kappa shape index (κ1) is 17.9. The maximum atomic E-state index is 12.3. The molecule has 4 nitrogen and oxygen atoms in total. The topological polar surface area (TPSA) is 51.0 Å². The standard InChI is InChI=1S/C13H22INO3.HI/c1-13(2,3)18-12(17)9-7-5-6-8(15(7)4)10(14)11(9)16;/h7-11,16H,5-6H2,1-4H3;1H/t7-,8+,9+,10-,11-;/m1./s1. The molecule has 0 aromatic heterocycles. The molecule has 2 aliphatic heterocycles. The van der Waals surface area contributed by atoms with Crippen LogP contribution < -0.4 is 28.9 Å². The van der Waals surface area contributed by atoms with Crippen LogP contribution in [0.1, 0.15) is 33.6 Å². The predicted octanol–water partition coefficient (Wildman–Crippen LogP) is -2.83. The Bertz CT molecular complexity index is 345. The Morgan fingerprint density at radius 2 is 1.84 bits per heavy atom. The molecule has 2 aliphatic rings. The second kappa shape index (κ2) is 6.31. The molecule has 1 unspecified atom stereocenters. The molecule has 2 heterocycles. The van der Waals surface area contributed by atoms with Gasteiger partial charge in [-0.1, -0.05) is 22.6 Å². The minimum absolute atomic E-state index is 0. The molecule has 19 heavy (non-hydrogen) atoms. The Kier molecular flexibility index (Phi) is 5.95. The normalized spacial score (nSPS) is 41.6. The predicted molar refractivity (Wildman–Crippen MR) is 76.8 cm³/mol. The van der Waals surface area contributed by atoms with Crippen LogP contribution in [0.4, 0.5) is 0 Å². The molecule has 0 aromatic carbocycles. The highest BCUT2D eigenvalue weighted by atomic mass is 127. The van der Waals surface area contributed by atoms with E-state index in [1.165, 1.54) is 4.90 Å². The third-order valence-electron chi connectivity index (χ3n) is 4.15. The van der Waals surface area contributed by atoms with E-state index in [-0.39, 0.29) is 45.8 Å². The summed E-state index contributed by atoms with van der Waals surface area (Å²) in [4.78, 5) is 13.7. The number of carbonyl (C=O) groups is 1. The van der Waals surface area contributed by atoms with Crippen LogP contribution in [-0.2, 0) is 9.53 Å². The summed E-state index contributed by atoms with van der Waals surface area (Å²) in [5.74, 6) is -0.605. The molecule has 0 saturated carbocycles. The third-order valence-corrected chi connectivity index (χ3v) is 5.75. The van der Waals surface area contributed by atoms with Gasteiger partial charge in [0.05, 0.1) is 17.1 Å². The number of rotatable bonds is 1. The number of aliphatic hydroxyl groups is 1. The van der Waals surface area contributed by atoms with E-state index in [2.05, 4.69) is 29.6 Å².